The van der Waals surface area contributed by atoms with E-state index in [0.29, 0.717) is 12.2 Å². The number of nitrogens with one attached hydrogen (secondary N) is 1. The van der Waals surface area contributed by atoms with Crippen LogP contribution in [0.15, 0.2) is 33.8 Å². The largest absolute Gasteiger partial charge is 0.492 e. The summed E-state index contributed by atoms with van der Waals surface area (Å²) in [7, 11) is 0. The van der Waals surface area contributed by atoms with Gasteiger partial charge in [0.1, 0.15) is 10.3 Å². The molecule has 0 aliphatic heterocycles. The minimum atomic E-state index is -0.392. The second kappa shape index (κ2) is 4.44. The van der Waals surface area contributed by atoms with Crippen molar-refractivity contribution in [2.45, 2.75) is 6.42 Å². The van der Waals surface area contributed by atoms with Crippen LogP contribution in [0.3, 0.4) is 0 Å². The third-order valence-corrected chi connectivity index (χ3v) is 2.73. The molecule has 0 unspecified atom stereocenters. The molecule has 2 aromatic heterocycles. The highest BCUT2D eigenvalue weighted by molar-refractivity contribution is 9.10. The van der Waals surface area contributed by atoms with Gasteiger partial charge in [0.15, 0.2) is 0 Å². The zero-order valence-electron chi connectivity index (χ0n) is 8.14. The smallest absolute Gasteiger partial charge is 0.269 e. The van der Waals surface area contributed by atoms with E-state index in [1.54, 1.807) is 12.4 Å². The van der Waals surface area contributed by atoms with Gasteiger partial charge in [0.2, 0.25) is 5.88 Å². The monoisotopic (exact) mass is 281 g/mol. The molecule has 6 heteroatoms. The highest BCUT2D eigenvalue weighted by Crippen LogP contribution is 2.15. The first-order valence-electron chi connectivity index (χ1n) is 4.53. The Balaban J connectivity index is 2.33. The van der Waals surface area contributed by atoms with Gasteiger partial charge in [-0.25, -0.2) is 0 Å². The summed E-state index contributed by atoms with van der Waals surface area (Å²) in [6.45, 7) is 0. The Labute approximate surface area is 99.3 Å². The molecule has 82 valence electrons. The fourth-order valence-electron chi connectivity index (χ4n) is 1.27. The number of nitrogens with zero attached hydrogens (tertiary/aromatic N) is 2. The Bertz CT molecular complexity index is 554. The van der Waals surface area contributed by atoms with Gasteiger partial charge in [-0.3, -0.25) is 9.78 Å². The number of aromatic amines is 1. The molecule has 0 aromatic carbocycles. The second-order valence-electron chi connectivity index (χ2n) is 3.18. The van der Waals surface area contributed by atoms with E-state index in [1.165, 1.54) is 0 Å². The minimum Gasteiger partial charge on any atom is -0.492 e. The Morgan fingerprint density at radius 2 is 2.06 bits per heavy atom. The van der Waals surface area contributed by atoms with Crippen molar-refractivity contribution in [3.05, 3.63) is 50.7 Å². The Kier molecular flexibility index (Phi) is 3.00. The Hall–Kier alpha value is -1.69. The van der Waals surface area contributed by atoms with Crippen LogP contribution in [-0.4, -0.2) is 20.1 Å². The number of aromatic nitrogens is 3. The third-order valence-electron chi connectivity index (χ3n) is 2.02. The fraction of sp³-hybridized carbons (Fsp3) is 0.100. The van der Waals surface area contributed by atoms with Crippen LogP contribution in [0.25, 0.3) is 0 Å². The maximum atomic E-state index is 11.3. The number of hydrogen-bond donors (Lipinski definition) is 2. The van der Waals surface area contributed by atoms with Crippen LogP contribution in [0.4, 0.5) is 0 Å². The van der Waals surface area contributed by atoms with Crippen molar-refractivity contribution in [2.24, 2.45) is 0 Å². The van der Waals surface area contributed by atoms with Crippen LogP contribution < -0.4 is 5.56 Å². The maximum absolute atomic E-state index is 11.3. The first-order chi connectivity index (χ1) is 7.66. The van der Waals surface area contributed by atoms with Gasteiger partial charge in [-0.1, -0.05) is 0 Å². The van der Waals surface area contributed by atoms with Crippen molar-refractivity contribution in [1.82, 2.24) is 15.0 Å². The molecule has 0 saturated heterocycles. The molecular formula is C10H8BrN3O2. The highest BCUT2D eigenvalue weighted by atomic mass is 79.9. The van der Waals surface area contributed by atoms with Gasteiger partial charge in [0, 0.05) is 18.8 Å². The predicted octanol–water partition coefficient (Wildman–Crippen LogP) is 1.22. The molecule has 0 saturated carbocycles. The number of rotatable bonds is 2. The molecule has 0 radical (unpaired) electrons. The van der Waals surface area contributed by atoms with Gasteiger partial charge < -0.3 is 10.1 Å². The predicted molar refractivity (Wildman–Crippen MR) is 61.3 cm³/mol. The van der Waals surface area contributed by atoms with Crippen molar-refractivity contribution in [1.29, 1.82) is 0 Å². The molecule has 0 fully saturated rings. The standard InChI is InChI=1S/C10H8BrN3O2/c11-8-9(15)13-7(14-10(8)16)5-6-1-3-12-4-2-6/h1-4H,5H2,(H2,13,14,15,16). The molecular weight excluding hydrogens is 274 g/mol. The Morgan fingerprint density at radius 1 is 1.38 bits per heavy atom. The molecule has 0 aliphatic rings. The fourth-order valence-corrected chi connectivity index (χ4v) is 1.46. The van der Waals surface area contributed by atoms with Crippen LogP contribution in [0.5, 0.6) is 5.88 Å². The number of aromatic hydroxyl groups is 1. The van der Waals surface area contributed by atoms with Crippen LogP contribution in [-0.2, 0) is 6.42 Å². The molecule has 0 amide bonds. The average Bonchev–Trinajstić information content (AvgIpc) is 2.27. The van der Waals surface area contributed by atoms with E-state index in [1.807, 2.05) is 12.1 Å². The van der Waals surface area contributed by atoms with Gasteiger partial charge in [-0.05, 0) is 33.6 Å². The molecule has 5 nitrogen and oxygen atoms in total. The van der Waals surface area contributed by atoms with Crippen LogP contribution in [0.2, 0.25) is 0 Å². The Morgan fingerprint density at radius 3 is 2.69 bits per heavy atom. The van der Waals surface area contributed by atoms with Gasteiger partial charge in [-0.15, -0.1) is 0 Å². The summed E-state index contributed by atoms with van der Waals surface area (Å²) in [5, 5.41) is 9.37. The number of hydrogen-bond acceptors (Lipinski definition) is 4. The number of halogens is 1. The second-order valence-corrected chi connectivity index (χ2v) is 3.98. The first-order valence-corrected chi connectivity index (χ1v) is 5.32. The van der Waals surface area contributed by atoms with E-state index in [9.17, 15) is 9.90 Å². The first kappa shape index (κ1) is 10.8. The summed E-state index contributed by atoms with van der Waals surface area (Å²) in [5.41, 5.74) is 0.566. The van der Waals surface area contributed by atoms with Gasteiger partial charge in [0.25, 0.3) is 5.56 Å². The molecule has 16 heavy (non-hydrogen) atoms. The molecule has 2 N–H and O–H groups in total. The number of H-pyrrole nitrogens is 1. The lowest BCUT2D eigenvalue weighted by Gasteiger charge is -2.02. The molecule has 2 heterocycles. The van der Waals surface area contributed by atoms with E-state index >= 15 is 0 Å². The number of pyridine rings is 1. The summed E-state index contributed by atoms with van der Waals surface area (Å²) in [6, 6.07) is 3.64. The van der Waals surface area contributed by atoms with Gasteiger partial charge in [-0.2, -0.15) is 4.98 Å². The van der Waals surface area contributed by atoms with Crippen molar-refractivity contribution in [3.8, 4) is 5.88 Å². The molecule has 0 aliphatic carbocycles. The van der Waals surface area contributed by atoms with Crippen molar-refractivity contribution >= 4 is 15.9 Å². The molecule has 2 aromatic rings. The topological polar surface area (TPSA) is 78.9 Å². The maximum Gasteiger partial charge on any atom is 0.269 e. The van der Waals surface area contributed by atoms with Crippen molar-refractivity contribution in [2.75, 3.05) is 0 Å². The zero-order valence-corrected chi connectivity index (χ0v) is 9.73. The summed E-state index contributed by atoms with van der Waals surface area (Å²) < 4.78 is 0.0472. The molecule has 2 rings (SSSR count). The van der Waals surface area contributed by atoms with E-state index in [-0.39, 0.29) is 10.4 Å². The molecule has 0 atom stereocenters. The van der Waals surface area contributed by atoms with Crippen LogP contribution >= 0.6 is 15.9 Å². The van der Waals surface area contributed by atoms with Gasteiger partial charge >= 0.3 is 0 Å². The lowest BCUT2D eigenvalue weighted by Crippen LogP contribution is -2.12. The van der Waals surface area contributed by atoms with Crippen molar-refractivity contribution < 1.29 is 5.11 Å². The SMILES string of the molecule is O=c1[nH]c(Cc2ccncc2)nc(O)c1Br. The lowest BCUT2D eigenvalue weighted by molar-refractivity contribution is 0.444. The normalized spacial score (nSPS) is 10.3. The van der Waals surface area contributed by atoms with E-state index in [0.717, 1.165) is 5.56 Å². The molecule has 0 spiro atoms. The quantitative estimate of drug-likeness (QED) is 0.868. The minimum absolute atomic E-state index is 0.0472. The zero-order chi connectivity index (χ0) is 11.5. The third kappa shape index (κ3) is 2.27. The van der Waals surface area contributed by atoms with E-state index < -0.39 is 5.56 Å². The van der Waals surface area contributed by atoms with Gasteiger partial charge in [0.05, 0.1) is 0 Å². The van der Waals surface area contributed by atoms with E-state index in [4.69, 9.17) is 0 Å². The lowest BCUT2D eigenvalue weighted by atomic mass is 10.2. The highest BCUT2D eigenvalue weighted by Gasteiger charge is 2.07. The summed E-state index contributed by atoms with van der Waals surface area (Å²) in [5.74, 6) is 0.115. The summed E-state index contributed by atoms with van der Waals surface area (Å²) in [4.78, 5) is 21.7. The summed E-state index contributed by atoms with van der Waals surface area (Å²) in [6.07, 6.45) is 3.76. The summed E-state index contributed by atoms with van der Waals surface area (Å²) >= 11 is 2.93. The average molecular weight is 282 g/mol. The van der Waals surface area contributed by atoms with E-state index in [2.05, 4.69) is 30.9 Å². The molecule has 0 bridgehead atoms. The van der Waals surface area contributed by atoms with Crippen LogP contribution in [0.1, 0.15) is 11.4 Å². The van der Waals surface area contributed by atoms with Crippen LogP contribution in [0, 0.1) is 0 Å². The van der Waals surface area contributed by atoms with Crippen molar-refractivity contribution in [3.63, 3.8) is 0 Å².